The molecule has 0 spiro atoms. The molecule has 0 fully saturated rings. The standard InChI is InChI=1S/C16H18N4O4/c1-10(16(23)18-9-14(17)21)20-15(22)8-7-13(19-20)11-3-5-12(24-2)6-4-11/h3-8,10H,9H2,1-2H3,(H2,17,21)(H,18,23). The van der Waals surface area contributed by atoms with E-state index in [4.69, 9.17) is 10.5 Å². The van der Waals surface area contributed by atoms with Gasteiger partial charge in [-0.3, -0.25) is 14.4 Å². The first kappa shape index (κ1) is 17.2. The number of methoxy groups -OCH3 is 1. The molecule has 0 saturated carbocycles. The summed E-state index contributed by atoms with van der Waals surface area (Å²) in [6, 6.07) is 9.18. The number of nitrogens with zero attached hydrogens (tertiary/aromatic N) is 2. The second-order valence-corrected chi connectivity index (χ2v) is 5.09. The lowest BCUT2D eigenvalue weighted by atomic mass is 10.1. The van der Waals surface area contributed by atoms with Crippen LogP contribution in [0.3, 0.4) is 0 Å². The normalized spacial score (nSPS) is 11.6. The van der Waals surface area contributed by atoms with E-state index in [0.29, 0.717) is 11.4 Å². The minimum Gasteiger partial charge on any atom is -0.497 e. The third kappa shape index (κ3) is 3.97. The fourth-order valence-corrected chi connectivity index (χ4v) is 2.05. The zero-order valence-corrected chi connectivity index (χ0v) is 13.4. The van der Waals surface area contributed by atoms with E-state index in [1.54, 1.807) is 37.4 Å². The Hall–Kier alpha value is -3.16. The molecule has 0 aliphatic heterocycles. The lowest BCUT2D eigenvalue weighted by Crippen LogP contribution is -2.40. The van der Waals surface area contributed by atoms with E-state index in [2.05, 4.69) is 10.4 Å². The molecular formula is C16H18N4O4. The molecule has 1 unspecified atom stereocenters. The molecule has 1 heterocycles. The van der Waals surface area contributed by atoms with Crippen molar-refractivity contribution in [3.05, 3.63) is 46.8 Å². The van der Waals surface area contributed by atoms with Gasteiger partial charge in [-0.05, 0) is 37.3 Å². The van der Waals surface area contributed by atoms with Crippen molar-refractivity contribution < 1.29 is 14.3 Å². The molecule has 1 atom stereocenters. The number of primary amides is 1. The number of nitrogens with two attached hydrogens (primary N) is 1. The van der Waals surface area contributed by atoms with Gasteiger partial charge in [0.25, 0.3) is 5.56 Å². The summed E-state index contributed by atoms with van der Waals surface area (Å²) in [7, 11) is 1.57. The maximum absolute atomic E-state index is 12.0. The highest BCUT2D eigenvalue weighted by atomic mass is 16.5. The Morgan fingerprint density at radius 2 is 1.92 bits per heavy atom. The number of carbonyl (C=O) groups is 2. The second kappa shape index (κ2) is 7.40. The molecule has 0 radical (unpaired) electrons. The second-order valence-electron chi connectivity index (χ2n) is 5.09. The quantitative estimate of drug-likeness (QED) is 0.778. The maximum atomic E-state index is 12.0. The molecule has 1 aromatic carbocycles. The average molecular weight is 330 g/mol. The molecule has 3 N–H and O–H groups in total. The number of hydrogen-bond acceptors (Lipinski definition) is 5. The van der Waals surface area contributed by atoms with Gasteiger partial charge in [0.2, 0.25) is 11.8 Å². The zero-order valence-electron chi connectivity index (χ0n) is 13.4. The summed E-state index contributed by atoms with van der Waals surface area (Å²) >= 11 is 0. The van der Waals surface area contributed by atoms with E-state index < -0.39 is 23.4 Å². The van der Waals surface area contributed by atoms with Crippen molar-refractivity contribution >= 4 is 11.8 Å². The average Bonchev–Trinajstić information content (AvgIpc) is 2.59. The Morgan fingerprint density at radius 1 is 1.25 bits per heavy atom. The molecule has 2 aromatic rings. The lowest BCUT2D eigenvalue weighted by Gasteiger charge is -2.14. The Balaban J connectivity index is 2.28. The van der Waals surface area contributed by atoms with Crippen molar-refractivity contribution in [3.8, 4) is 17.0 Å². The Bertz CT molecular complexity index is 798. The van der Waals surface area contributed by atoms with Gasteiger partial charge < -0.3 is 15.8 Å². The highest BCUT2D eigenvalue weighted by Gasteiger charge is 2.18. The molecular weight excluding hydrogens is 312 g/mol. The van der Waals surface area contributed by atoms with Crippen LogP contribution in [0.25, 0.3) is 11.3 Å². The van der Waals surface area contributed by atoms with Crippen molar-refractivity contribution in [3.63, 3.8) is 0 Å². The van der Waals surface area contributed by atoms with Crippen molar-refractivity contribution in [2.24, 2.45) is 5.73 Å². The van der Waals surface area contributed by atoms with Crippen molar-refractivity contribution in [2.75, 3.05) is 13.7 Å². The van der Waals surface area contributed by atoms with Gasteiger partial charge in [0.05, 0.1) is 19.3 Å². The summed E-state index contributed by atoms with van der Waals surface area (Å²) in [5, 5.41) is 6.58. The van der Waals surface area contributed by atoms with Gasteiger partial charge in [-0.25, -0.2) is 4.68 Å². The van der Waals surface area contributed by atoms with Crippen LogP contribution in [-0.4, -0.2) is 35.2 Å². The van der Waals surface area contributed by atoms with Gasteiger partial charge in [-0.2, -0.15) is 5.10 Å². The van der Waals surface area contributed by atoms with Gasteiger partial charge in [0, 0.05) is 11.6 Å². The number of rotatable bonds is 6. The molecule has 126 valence electrons. The van der Waals surface area contributed by atoms with Crippen LogP contribution >= 0.6 is 0 Å². The molecule has 0 saturated heterocycles. The number of hydrogen-bond donors (Lipinski definition) is 2. The summed E-state index contributed by atoms with van der Waals surface area (Å²) in [6.07, 6.45) is 0. The summed E-state index contributed by atoms with van der Waals surface area (Å²) in [6.45, 7) is 1.22. The molecule has 0 aliphatic rings. The Labute approximate surface area is 138 Å². The monoisotopic (exact) mass is 330 g/mol. The predicted octanol–water partition coefficient (Wildman–Crippen LogP) is 0.0814. The molecule has 24 heavy (non-hydrogen) atoms. The Kier molecular flexibility index (Phi) is 5.31. The van der Waals surface area contributed by atoms with Crippen molar-refractivity contribution in [1.29, 1.82) is 0 Å². The third-order valence-electron chi connectivity index (χ3n) is 3.39. The van der Waals surface area contributed by atoms with Crippen LogP contribution in [0.1, 0.15) is 13.0 Å². The number of ether oxygens (including phenoxy) is 1. The van der Waals surface area contributed by atoms with E-state index in [0.717, 1.165) is 10.2 Å². The molecule has 8 heteroatoms. The van der Waals surface area contributed by atoms with E-state index in [-0.39, 0.29) is 6.54 Å². The SMILES string of the molecule is COc1ccc(-c2ccc(=O)n(C(C)C(=O)NCC(N)=O)n2)cc1. The first-order valence-corrected chi connectivity index (χ1v) is 7.22. The van der Waals surface area contributed by atoms with Crippen LogP contribution in [0.15, 0.2) is 41.2 Å². The van der Waals surface area contributed by atoms with Crippen molar-refractivity contribution in [2.45, 2.75) is 13.0 Å². The third-order valence-corrected chi connectivity index (χ3v) is 3.39. The van der Waals surface area contributed by atoms with E-state index >= 15 is 0 Å². The first-order chi connectivity index (χ1) is 11.4. The fourth-order valence-electron chi connectivity index (χ4n) is 2.05. The highest BCUT2D eigenvalue weighted by Crippen LogP contribution is 2.20. The highest BCUT2D eigenvalue weighted by molar-refractivity contribution is 5.85. The van der Waals surface area contributed by atoms with Crippen LogP contribution in [0, 0.1) is 0 Å². The number of carbonyl (C=O) groups excluding carboxylic acids is 2. The van der Waals surface area contributed by atoms with Gasteiger partial charge in [0.1, 0.15) is 11.8 Å². The molecule has 8 nitrogen and oxygen atoms in total. The van der Waals surface area contributed by atoms with Gasteiger partial charge in [0.15, 0.2) is 0 Å². The summed E-state index contributed by atoms with van der Waals surface area (Å²) in [5.74, 6) is -0.482. The van der Waals surface area contributed by atoms with Crippen LogP contribution in [0.5, 0.6) is 5.75 Å². The molecule has 0 bridgehead atoms. The largest absolute Gasteiger partial charge is 0.497 e. The zero-order chi connectivity index (χ0) is 17.7. The minimum absolute atomic E-state index is 0.296. The molecule has 2 rings (SSSR count). The van der Waals surface area contributed by atoms with Crippen LogP contribution in [0.4, 0.5) is 0 Å². The molecule has 1 aromatic heterocycles. The van der Waals surface area contributed by atoms with Crippen LogP contribution < -0.4 is 21.3 Å². The van der Waals surface area contributed by atoms with Crippen LogP contribution in [0.2, 0.25) is 0 Å². The van der Waals surface area contributed by atoms with Gasteiger partial charge in [-0.15, -0.1) is 0 Å². The predicted molar refractivity (Wildman–Crippen MR) is 87.4 cm³/mol. The van der Waals surface area contributed by atoms with Crippen LogP contribution in [-0.2, 0) is 9.59 Å². The van der Waals surface area contributed by atoms with Gasteiger partial charge >= 0.3 is 0 Å². The topological polar surface area (TPSA) is 116 Å². The smallest absolute Gasteiger partial charge is 0.267 e. The maximum Gasteiger partial charge on any atom is 0.267 e. The lowest BCUT2D eigenvalue weighted by molar-refractivity contribution is -0.127. The number of nitrogens with one attached hydrogen (secondary N) is 1. The Morgan fingerprint density at radius 3 is 2.50 bits per heavy atom. The summed E-state index contributed by atoms with van der Waals surface area (Å²) in [5.41, 5.74) is 5.87. The van der Waals surface area contributed by atoms with E-state index in [1.807, 2.05) is 0 Å². The summed E-state index contributed by atoms with van der Waals surface area (Å²) in [4.78, 5) is 34.7. The first-order valence-electron chi connectivity index (χ1n) is 7.22. The van der Waals surface area contributed by atoms with E-state index in [1.165, 1.54) is 13.0 Å². The minimum atomic E-state index is -0.880. The van der Waals surface area contributed by atoms with Crippen molar-refractivity contribution in [1.82, 2.24) is 15.1 Å². The van der Waals surface area contributed by atoms with Gasteiger partial charge in [-0.1, -0.05) is 0 Å². The molecule has 0 aliphatic carbocycles. The number of aromatic nitrogens is 2. The number of benzene rings is 1. The number of amides is 2. The summed E-state index contributed by atoms with van der Waals surface area (Å²) < 4.78 is 6.16. The molecule has 2 amide bonds. The van der Waals surface area contributed by atoms with E-state index in [9.17, 15) is 14.4 Å². The fraction of sp³-hybridized carbons (Fsp3) is 0.250.